The average molecular weight is 561 g/mol. The van der Waals surface area contributed by atoms with Gasteiger partial charge in [-0.15, -0.1) is 0 Å². The maximum atomic E-state index is 14.2. The lowest BCUT2D eigenvalue weighted by Crippen LogP contribution is -2.38. The molecule has 0 spiro atoms. The summed E-state index contributed by atoms with van der Waals surface area (Å²) in [4.78, 5) is 27.0. The molecule has 39 heavy (non-hydrogen) atoms. The first-order chi connectivity index (χ1) is 18.6. The number of carbonyl (C=O) groups excluding carboxylic acids is 1. The van der Waals surface area contributed by atoms with Crippen molar-refractivity contribution in [2.45, 2.75) is 23.7 Å². The minimum atomic E-state index is -4.79. The lowest BCUT2D eigenvalue weighted by Gasteiger charge is -2.26. The largest absolute Gasteiger partial charge is 0.492 e. The number of fused-ring (bicyclic) bond motifs is 3. The molecule has 2 N–H and O–H groups in total. The van der Waals surface area contributed by atoms with E-state index in [1.165, 1.54) is 12.1 Å². The van der Waals surface area contributed by atoms with Crippen molar-refractivity contribution in [2.24, 2.45) is 11.8 Å². The quantitative estimate of drug-likeness (QED) is 0.499. The summed E-state index contributed by atoms with van der Waals surface area (Å²) in [6.07, 6.45) is 3.48. The molecule has 3 atom stereocenters. The molecule has 0 bridgehead atoms. The van der Waals surface area contributed by atoms with Crippen molar-refractivity contribution in [1.29, 1.82) is 0 Å². The van der Waals surface area contributed by atoms with E-state index in [-0.39, 0.29) is 40.0 Å². The van der Waals surface area contributed by atoms with Crippen LogP contribution in [-0.4, -0.2) is 75.6 Å². The fraction of sp³-hybridized carbons (Fsp3) is 0.407. The lowest BCUT2D eigenvalue weighted by molar-refractivity contribution is 0.0692. The predicted molar refractivity (Wildman–Crippen MR) is 139 cm³/mol. The summed E-state index contributed by atoms with van der Waals surface area (Å²) in [5, 5.41) is 19.4. The Hall–Kier alpha value is -3.48. The van der Waals surface area contributed by atoms with Crippen LogP contribution in [0, 0.1) is 17.7 Å². The number of aliphatic hydroxyl groups is 1. The van der Waals surface area contributed by atoms with E-state index in [4.69, 9.17) is 9.47 Å². The monoisotopic (exact) mass is 560 g/mol. The highest BCUT2D eigenvalue weighted by Crippen LogP contribution is 2.55. The van der Waals surface area contributed by atoms with Crippen molar-refractivity contribution in [2.75, 3.05) is 44.3 Å². The number of methoxy groups -OCH3 is 1. The summed E-state index contributed by atoms with van der Waals surface area (Å²) < 4.78 is 53.0. The van der Waals surface area contributed by atoms with Crippen molar-refractivity contribution in [3.05, 3.63) is 58.9 Å². The maximum absolute atomic E-state index is 14.2. The number of carboxylic acids is 1. The lowest BCUT2D eigenvalue weighted by atomic mass is 10.00. The molecule has 208 valence electrons. The van der Waals surface area contributed by atoms with Gasteiger partial charge in [-0.1, -0.05) is 18.2 Å². The normalized spacial score (nSPS) is 22.2. The van der Waals surface area contributed by atoms with Crippen LogP contribution in [0.4, 0.5) is 14.9 Å². The van der Waals surface area contributed by atoms with Crippen LogP contribution in [0.25, 0.3) is 6.08 Å². The highest BCUT2D eigenvalue weighted by atomic mass is 32.2. The molecule has 0 radical (unpaired) electrons. The molecule has 1 unspecified atom stereocenters. The SMILES string of the molecule is COC(=O)N(c1ccc2c(c1C(=O)O)OC[C@@H]1C[C@H]21)S(=O)(=O)c1ccc(F)cc1C=CCN1CCC(CO)C1. The van der Waals surface area contributed by atoms with Gasteiger partial charge in [0.05, 0.1) is 24.3 Å². The van der Waals surface area contributed by atoms with Crippen molar-refractivity contribution in [1.82, 2.24) is 4.90 Å². The van der Waals surface area contributed by atoms with Gasteiger partial charge in [0, 0.05) is 25.6 Å². The average Bonchev–Trinajstić information content (AvgIpc) is 3.57. The fourth-order valence-corrected chi connectivity index (χ4v) is 6.91. The topological polar surface area (TPSA) is 134 Å². The van der Waals surface area contributed by atoms with Gasteiger partial charge in [0.15, 0.2) is 0 Å². The molecule has 1 saturated carbocycles. The van der Waals surface area contributed by atoms with E-state index in [1.54, 1.807) is 12.1 Å². The predicted octanol–water partition coefficient (Wildman–Crippen LogP) is 3.31. The molecule has 2 aromatic carbocycles. The van der Waals surface area contributed by atoms with Crippen molar-refractivity contribution < 1.29 is 42.1 Å². The van der Waals surface area contributed by atoms with E-state index in [1.807, 2.05) is 0 Å². The molecule has 3 aliphatic rings. The smallest absolute Gasteiger partial charge is 0.428 e. The first-order valence-electron chi connectivity index (χ1n) is 12.6. The van der Waals surface area contributed by atoms with Gasteiger partial charge in [-0.3, -0.25) is 4.90 Å². The zero-order chi connectivity index (χ0) is 27.9. The highest BCUT2D eigenvalue weighted by molar-refractivity contribution is 7.93. The zero-order valence-corrected chi connectivity index (χ0v) is 22.1. The molecule has 10 nitrogen and oxygen atoms in total. The van der Waals surface area contributed by atoms with Gasteiger partial charge in [-0.05, 0) is 66.6 Å². The van der Waals surface area contributed by atoms with Gasteiger partial charge in [0.1, 0.15) is 17.1 Å². The summed E-state index contributed by atoms with van der Waals surface area (Å²) in [7, 11) is -3.80. The number of ether oxygens (including phenoxy) is 2. The van der Waals surface area contributed by atoms with E-state index < -0.39 is 44.0 Å². The number of hydrogen-bond donors (Lipinski definition) is 2. The van der Waals surface area contributed by atoms with Gasteiger partial charge >= 0.3 is 12.1 Å². The first-order valence-corrected chi connectivity index (χ1v) is 14.0. The Morgan fingerprint density at radius 2 is 2.08 bits per heavy atom. The van der Waals surface area contributed by atoms with Crippen LogP contribution in [0.2, 0.25) is 0 Å². The number of rotatable bonds is 8. The third-order valence-electron chi connectivity index (χ3n) is 7.48. The summed E-state index contributed by atoms with van der Waals surface area (Å²) >= 11 is 0. The van der Waals surface area contributed by atoms with Crippen molar-refractivity contribution in [3.63, 3.8) is 0 Å². The van der Waals surface area contributed by atoms with Crippen molar-refractivity contribution >= 4 is 33.8 Å². The van der Waals surface area contributed by atoms with E-state index in [0.29, 0.717) is 25.3 Å². The van der Waals surface area contributed by atoms with E-state index in [2.05, 4.69) is 4.90 Å². The third-order valence-corrected chi connectivity index (χ3v) is 9.24. The molecular weight excluding hydrogens is 531 g/mol. The number of likely N-dealkylation sites (tertiary alicyclic amines) is 1. The molecule has 0 aromatic heterocycles. The summed E-state index contributed by atoms with van der Waals surface area (Å²) in [5.41, 5.74) is -0.254. The standard InChI is InChI=1S/C27H29FN2O8S/c1-37-27(34)30(22-6-5-20-21-12-18(21)15-38-25(20)24(22)26(32)33)39(35,36)23-7-4-19(28)11-17(23)3-2-9-29-10-8-16(13-29)14-31/h2-7,11,16,18,21,31H,8-10,12-15H2,1H3,(H,32,33)/t16?,18-,21-/m0/s1. The Morgan fingerprint density at radius 3 is 2.77 bits per heavy atom. The Bertz CT molecular complexity index is 1440. The maximum Gasteiger partial charge on any atom is 0.428 e. The Morgan fingerprint density at radius 1 is 1.28 bits per heavy atom. The van der Waals surface area contributed by atoms with Gasteiger partial charge in [0.2, 0.25) is 0 Å². The number of halogens is 1. The second-order valence-corrected chi connectivity index (χ2v) is 11.8. The van der Waals surface area contributed by atoms with Crippen LogP contribution in [-0.2, 0) is 14.8 Å². The highest BCUT2D eigenvalue weighted by Gasteiger charge is 2.47. The Balaban J connectivity index is 1.55. The molecule has 2 aliphatic heterocycles. The third kappa shape index (κ3) is 5.11. The molecule has 1 saturated heterocycles. The zero-order valence-electron chi connectivity index (χ0n) is 21.2. The number of benzene rings is 2. The van der Waals surface area contributed by atoms with Crippen LogP contribution < -0.4 is 9.04 Å². The summed E-state index contributed by atoms with van der Waals surface area (Å²) in [6.45, 7) is 2.28. The number of anilines is 1. The second kappa shape index (κ2) is 10.6. The first kappa shape index (κ1) is 27.1. The van der Waals surface area contributed by atoms with Gasteiger partial charge < -0.3 is 19.7 Å². The van der Waals surface area contributed by atoms with Gasteiger partial charge in [-0.2, -0.15) is 4.31 Å². The van der Waals surface area contributed by atoms with Gasteiger partial charge in [-0.25, -0.2) is 22.4 Å². The number of aromatic carboxylic acids is 1. The number of aliphatic hydroxyl groups excluding tert-OH is 1. The number of carbonyl (C=O) groups is 2. The molecule has 12 heteroatoms. The number of hydrogen-bond acceptors (Lipinski definition) is 8. The molecule has 1 aliphatic carbocycles. The van der Waals surface area contributed by atoms with E-state index in [9.17, 15) is 32.6 Å². The van der Waals surface area contributed by atoms with Crippen molar-refractivity contribution in [3.8, 4) is 5.75 Å². The van der Waals surface area contributed by atoms with Crippen LogP contribution >= 0.6 is 0 Å². The number of nitrogens with zero attached hydrogens (tertiary/aromatic N) is 2. The van der Waals surface area contributed by atoms with E-state index >= 15 is 0 Å². The number of carboxylic acid groups (broad SMARTS) is 1. The molecule has 5 rings (SSSR count). The summed E-state index contributed by atoms with van der Waals surface area (Å²) in [6, 6.07) is 5.86. The second-order valence-electron chi connectivity index (χ2n) is 10.0. The van der Waals surface area contributed by atoms with Crippen LogP contribution in [0.1, 0.15) is 40.2 Å². The van der Waals surface area contributed by atoms with E-state index in [0.717, 1.165) is 44.7 Å². The Labute approximate surface area is 225 Å². The van der Waals surface area contributed by atoms with Crippen LogP contribution in [0.15, 0.2) is 41.3 Å². The minimum absolute atomic E-state index is 0.0197. The summed E-state index contributed by atoms with van der Waals surface area (Å²) in [5.74, 6) is -1.53. The van der Waals surface area contributed by atoms with Crippen LogP contribution in [0.3, 0.4) is 0 Å². The fourth-order valence-electron chi connectivity index (χ4n) is 5.36. The molecular formula is C27H29FN2O8S. The molecule has 2 heterocycles. The minimum Gasteiger partial charge on any atom is -0.492 e. The molecule has 2 fully saturated rings. The van der Waals surface area contributed by atoms with Crippen LogP contribution in [0.5, 0.6) is 5.75 Å². The Kier molecular flexibility index (Phi) is 7.36. The van der Waals surface area contributed by atoms with Gasteiger partial charge in [0.25, 0.3) is 10.0 Å². The molecule has 1 amide bonds. The number of amides is 1. The number of sulfonamides is 1. The molecule has 2 aromatic rings.